The molecule has 0 spiro atoms. The van der Waals surface area contributed by atoms with Crippen molar-refractivity contribution in [3.8, 4) is 0 Å². The lowest BCUT2D eigenvalue weighted by molar-refractivity contribution is 0.0388. The fourth-order valence-electron chi connectivity index (χ4n) is 1.81. The topological polar surface area (TPSA) is 72.8 Å². The molecule has 1 amide bonds. The van der Waals surface area contributed by atoms with Crippen molar-refractivity contribution in [3.05, 3.63) is 0 Å². The summed E-state index contributed by atoms with van der Waals surface area (Å²) in [5.41, 5.74) is -0.118. The van der Waals surface area contributed by atoms with Crippen LogP contribution in [0, 0.1) is 0 Å². The molecule has 2 atom stereocenters. The van der Waals surface area contributed by atoms with Gasteiger partial charge >= 0.3 is 6.09 Å². The minimum atomic E-state index is -0.914. The molecule has 1 saturated heterocycles. The zero-order valence-electron chi connectivity index (χ0n) is 9.53. The van der Waals surface area contributed by atoms with Crippen LogP contribution in [-0.4, -0.2) is 52.0 Å². The Bertz CT molecular complexity index is 237. The van der Waals surface area contributed by atoms with E-state index in [2.05, 4.69) is 5.32 Å². The Kier molecular flexibility index (Phi) is 3.57. The van der Waals surface area contributed by atoms with Crippen LogP contribution >= 0.6 is 0 Å². The maximum absolute atomic E-state index is 10.8. The van der Waals surface area contributed by atoms with Crippen LogP contribution in [0.2, 0.25) is 0 Å². The maximum atomic E-state index is 10.8. The SMILES string of the molecule is CC(C)(C)N[C@H]1CN(C(=O)O)CC[C@@H]1O. The standard InChI is InChI=1S/C10H20N2O3/c1-10(2,3)11-7-6-12(9(14)15)5-4-8(7)13/h7-8,11,13H,4-6H2,1-3H3,(H,14,15)/t7-,8-/m0/s1. The highest BCUT2D eigenvalue weighted by molar-refractivity contribution is 5.65. The average Bonchev–Trinajstić information content (AvgIpc) is 2.06. The van der Waals surface area contributed by atoms with Gasteiger partial charge in [-0.05, 0) is 27.2 Å². The van der Waals surface area contributed by atoms with Crippen LogP contribution in [0.1, 0.15) is 27.2 Å². The molecule has 5 nitrogen and oxygen atoms in total. The van der Waals surface area contributed by atoms with Crippen LogP contribution in [0.15, 0.2) is 0 Å². The number of amides is 1. The number of carboxylic acid groups (broad SMARTS) is 1. The molecule has 0 saturated carbocycles. The molecule has 1 heterocycles. The largest absolute Gasteiger partial charge is 0.465 e. The summed E-state index contributed by atoms with van der Waals surface area (Å²) in [6.45, 7) is 6.77. The fourth-order valence-corrected chi connectivity index (χ4v) is 1.81. The van der Waals surface area contributed by atoms with Crippen molar-refractivity contribution in [1.82, 2.24) is 10.2 Å². The Morgan fingerprint density at radius 2 is 2.07 bits per heavy atom. The molecule has 0 aromatic heterocycles. The Morgan fingerprint density at radius 1 is 1.47 bits per heavy atom. The van der Waals surface area contributed by atoms with Crippen LogP contribution < -0.4 is 5.32 Å². The average molecular weight is 216 g/mol. The normalized spacial score (nSPS) is 27.9. The number of nitrogens with zero attached hydrogens (tertiary/aromatic N) is 1. The second-order valence-corrected chi connectivity index (χ2v) is 5.09. The van der Waals surface area contributed by atoms with Crippen LogP contribution in [-0.2, 0) is 0 Å². The Hall–Kier alpha value is -0.810. The first-order valence-corrected chi connectivity index (χ1v) is 5.23. The molecule has 3 N–H and O–H groups in total. The number of aliphatic hydroxyl groups is 1. The molecular formula is C10H20N2O3. The predicted molar refractivity (Wildman–Crippen MR) is 56.9 cm³/mol. The molecule has 1 aliphatic heterocycles. The second-order valence-electron chi connectivity index (χ2n) is 5.09. The highest BCUT2D eigenvalue weighted by atomic mass is 16.4. The number of rotatable bonds is 1. The zero-order valence-corrected chi connectivity index (χ0v) is 9.53. The van der Waals surface area contributed by atoms with E-state index >= 15 is 0 Å². The highest BCUT2D eigenvalue weighted by Gasteiger charge is 2.32. The monoisotopic (exact) mass is 216 g/mol. The quantitative estimate of drug-likeness (QED) is 0.596. The lowest BCUT2D eigenvalue weighted by atomic mass is 9.98. The Balaban J connectivity index is 2.58. The van der Waals surface area contributed by atoms with Gasteiger partial charge in [0.1, 0.15) is 0 Å². The van der Waals surface area contributed by atoms with E-state index in [1.807, 2.05) is 20.8 Å². The van der Waals surface area contributed by atoms with E-state index < -0.39 is 12.2 Å². The van der Waals surface area contributed by atoms with Crippen molar-refractivity contribution in [2.75, 3.05) is 13.1 Å². The van der Waals surface area contributed by atoms with Gasteiger partial charge in [0.25, 0.3) is 0 Å². The van der Waals surface area contributed by atoms with Gasteiger partial charge in [-0.25, -0.2) is 4.79 Å². The first-order chi connectivity index (χ1) is 6.79. The van der Waals surface area contributed by atoms with Crippen LogP contribution in [0.4, 0.5) is 4.79 Å². The molecule has 88 valence electrons. The van der Waals surface area contributed by atoms with E-state index in [1.54, 1.807) is 0 Å². The number of hydrogen-bond acceptors (Lipinski definition) is 3. The van der Waals surface area contributed by atoms with E-state index in [4.69, 9.17) is 5.11 Å². The van der Waals surface area contributed by atoms with Gasteiger partial charge in [-0.15, -0.1) is 0 Å². The maximum Gasteiger partial charge on any atom is 0.407 e. The lowest BCUT2D eigenvalue weighted by Gasteiger charge is -2.38. The number of carbonyl (C=O) groups is 1. The zero-order chi connectivity index (χ0) is 11.6. The van der Waals surface area contributed by atoms with E-state index in [-0.39, 0.29) is 11.6 Å². The first kappa shape index (κ1) is 12.3. The van der Waals surface area contributed by atoms with Crippen molar-refractivity contribution in [1.29, 1.82) is 0 Å². The number of hydrogen-bond donors (Lipinski definition) is 3. The van der Waals surface area contributed by atoms with Gasteiger partial charge in [-0.2, -0.15) is 0 Å². The summed E-state index contributed by atoms with van der Waals surface area (Å²) in [4.78, 5) is 12.1. The van der Waals surface area contributed by atoms with Crippen molar-refractivity contribution < 1.29 is 15.0 Å². The highest BCUT2D eigenvalue weighted by Crippen LogP contribution is 2.14. The number of piperidine rings is 1. The molecule has 5 heteroatoms. The van der Waals surface area contributed by atoms with Gasteiger partial charge in [-0.3, -0.25) is 0 Å². The second kappa shape index (κ2) is 4.37. The molecule has 1 aliphatic rings. The van der Waals surface area contributed by atoms with Gasteiger partial charge in [0.2, 0.25) is 0 Å². The minimum absolute atomic E-state index is 0.118. The fraction of sp³-hybridized carbons (Fsp3) is 0.900. The molecule has 0 bridgehead atoms. The van der Waals surface area contributed by atoms with E-state index in [9.17, 15) is 9.90 Å². The smallest absolute Gasteiger partial charge is 0.407 e. The van der Waals surface area contributed by atoms with E-state index in [0.29, 0.717) is 19.5 Å². The summed E-state index contributed by atoms with van der Waals surface area (Å²) in [7, 11) is 0. The van der Waals surface area contributed by atoms with Gasteiger partial charge in [-0.1, -0.05) is 0 Å². The molecule has 1 fully saturated rings. The van der Waals surface area contributed by atoms with Gasteiger partial charge in [0.05, 0.1) is 12.1 Å². The number of nitrogens with one attached hydrogen (secondary N) is 1. The van der Waals surface area contributed by atoms with Crippen molar-refractivity contribution in [3.63, 3.8) is 0 Å². The summed E-state index contributed by atoms with van der Waals surface area (Å²) < 4.78 is 0. The lowest BCUT2D eigenvalue weighted by Crippen LogP contribution is -2.59. The van der Waals surface area contributed by atoms with E-state index in [1.165, 1.54) is 4.90 Å². The molecule has 0 aromatic carbocycles. The minimum Gasteiger partial charge on any atom is -0.465 e. The summed E-state index contributed by atoms with van der Waals surface area (Å²) in [5, 5.41) is 21.8. The molecule has 0 aliphatic carbocycles. The van der Waals surface area contributed by atoms with Gasteiger partial charge in [0, 0.05) is 18.6 Å². The van der Waals surface area contributed by atoms with Crippen molar-refractivity contribution >= 4 is 6.09 Å². The third-order valence-electron chi connectivity index (χ3n) is 2.47. The predicted octanol–water partition coefficient (Wildman–Crippen LogP) is 0.488. The van der Waals surface area contributed by atoms with E-state index in [0.717, 1.165) is 0 Å². The van der Waals surface area contributed by atoms with Crippen molar-refractivity contribution in [2.24, 2.45) is 0 Å². The van der Waals surface area contributed by atoms with Crippen LogP contribution in [0.5, 0.6) is 0 Å². The number of aliphatic hydroxyl groups excluding tert-OH is 1. The van der Waals surface area contributed by atoms with Crippen molar-refractivity contribution in [2.45, 2.75) is 44.9 Å². The summed E-state index contributed by atoms with van der Waals surface area (Å²) in [6, 6.07) is -0.171. The Morgan fingerprint density at radius 3 is 2.53 bits per heavy atom. The van der Waals surface area contributed by atoms with Gasteiger partial charge < -0.3 is 20.4 Å². The summed E-state index contributed by atoms with van der Waals surface area (Å²) in [6.07, 6.45) is -0.873. The van der Waals surface area contributed by atoms with Crippen LogP contribution in [0.3, 0.4) is 0 Å². The summed E-state index contributed by atoms with van der Waals surface area (Å²) in [5.74, 6) is 0. The third-order valence-corrected chi connectivity index (χ3v) is 2.47. The molecule has 1 rings (SSSR count). The van der Waals surface area contributed by atoms with Gasteiger partial charge in [0.15, 0.2) is 0 Å². The third kappa shape index (κ3) is 3.68. The molecular weight excluding hydrogens is 196 g/mol. The first-order valence-electron chi connectivity index (χ1n) is 5.23. The molecule has 0 aromatic rings. The summed E-state index contributed by atoms with van der Waals surface area (Å²) >= 11 is 0. The number of likely N-dealkylation sites (tertiary alicyclic amines) is 1. The van der Waals surface area contributed by atoms with Crippen LogP contribution in [0.25, 0.3) is 0 Å². The Labute approximate surface area is 90.1 Å². The molecule has 15 heavy (non-hydrogen) atoms. The molecule has 0 radical (unpaired) electrons. The molecule has 0 unspecified atom stereocenters.